The lowest BCUT2D eigenvalue weighted by Crippen LogP contribution is -2.59. The van der Waals surface area contributed by atoms with E-state index in [0.29, 0.717) is 0 Å². The molecule has 1 saturated carbocycles. The molecule has 2 fully saturated rings. The van der Waals surface area contributed by atoms with Gasteiger partial charge in [0.25, 0.3) is 0 Å². The highest BCUT2D eigenvalue weighted by atomic mass is 15.3. The van der Waals surface area contributed by atoms with Crippen LogP contribution in [-0.2, 0) is 0 Å². The molecule has 1 aliphatic heterocycles. The Balaban J connectivity index is 1.97. The molecule has 2 rings (SSSR count). The minimum absolute atomic E-state index is 0.723. The summed E-state index contributed by atoms with van der Waals surface area (Å²) < 4.78 is 0. The minimum atomic E-state index is 0.723. The van der Waals surface area contributed by atoms with Crippen LogP contribution in [0.2, 0.25) is 0 Å². The van der Waals surface area contributed by atoms with E-state index in [9.17, 15) is 0 Å². The van der Waals surface area contributed by atoms with Crippen molar-refractivity contribution >= 4 is 0 Å². The van der Waals surface area contributed by atoms with Crippen LogP contribution in [0.15, 0.2) is 0 Å². The van der Waals surface area contributed by atoms with E-state index in [1.807, 2.05) is 0 Å². The van der Waals surface area contributed by atoms with Gasteiger partial charge in [-0.15, -0.1) is 0 Å². The molecule has 5 atom stereocenters. The predicted octanol–water partition coefficient (Wildman–Crippen LogP) is 3.27. The van der Waals surface area contributed by atoms with Gasteiger partial charge in [-0.1, -0.05) is 33.6 Å². The number of hydrogen-bond donors (Lipinski definition) is 1. The average molecular weight is 252 g/mol. The van der Waals surface area contributed by atoms with Crippen LogP contribution < -0.4 is 5.32 Å². The Bertz CT molecular complexity index is 253. The quantitative estimate of drug-likeness (QED) is 0.826. The van der Waals surface area contributed by atoms with Crippen LogP contribution in [0.4, 0.5) is 0 Å². The van der Waals surface area contributed by atoms with Crippen molar-refractivity contribution in [1.29, 1.82) is 0 Å². The first kappa shape index (κ1) is 14.3. The molecule has 18 heavy (non-hydrogen) atoms. The Morgan fingerprint density at radius 1 is 1.17 bits per heavy atom. The molecule has 1 heterocycles. The highest BCUT2D eigenvalue weighted by Crippen LogP contribution is 2.38. The average Bonchev–Trinajstić information content (AvgIpc) is 2.73. The van der Waals surface area contributed by atoms with Crippen LogP contribution in [0.25, 0.3) is 0 Å². The number of rotatable bonds is 4. The fraction of sp³-hybridized carbons (Fsp3) is 1.00. The zero-order valence-corrected chi connectivity index (χ0v) is 12.8. The van der Waals surface area contributed by atoms with E-state index in [-0.39, 0.29) is 0 Å². The van der Waals surface area contributed by atoms with Crippen molar-refractivity contribution in [3.63, 3.8) is 0 Å². The molecule has 106 valence electrons. The van der Waals surface area contributed by atoms with Crippen molar-refractivity contribution in [1.82, 2.24) is 10.2 Å². The molecule has 0 aromatic carbocycles. The Labute approximate surface area is 114 Å². The Kier molecular flexibility index (Phi) is 5.08. The van der Waals surface area contributed by atoms with Gasteiger partial charge in [0.2, 0.25) is 0 Å². The second kappa shape index (κ2) is 6.38. The second-order valence-electron chi connectivity index (χ2n) is 6.61. The van der Waals surface area contributed by atoms with E-state index >= 15 is 0 Å². The Hall–Kier alpha value is -0.0800. The summed E-state index contributed by atoms with van der Waals surface area (Å²) in [7, 11) is 0. The van der Waals surface area contributed by atoms with Crippen LogP contribution in [0.3, 0.4) is 0 Å². The summed E-state index contributed by atoms with van der Waals surface area (Å²) in [5.74, 6) is 1.87. The van der Waals surface area contributed by atoms with E-state index in [1.54, 1.807) is 0 Å². The maximum atomic E-state index is 3.72. The molecule has 0 amide bonds. The fourth-order valence-electron chi connectivity index (χ4n) is 4.23. The largest absolute Gasteiger partial charge is 0.311 e. The van der Waals surface area contributed by atoms with Gasteiger partial charge < -0.3 is 5.32 Å². The number of nitrogens with one attached hydrogen (secondary N) is 1. The molecule has 0 aromatic rings. The topological polar surface area (TPSA) is 15.3 Å². The molecule has 1 aliphatic carbocycles. The molecule has 2 heteroatoms. The number of hydrogen-bond acceptors (Lipinski definition) is 2. The van der Waals surface area contributed by atoms with Crippen LogP contribution in [0, 0.1) is 11.8 Å². The van der Waals surface area contributed by atoms with Crippen LogP contribution >= 0.6 is 0 Å². The zero-order chi connectivity index (χ0) is 13.1. The monoisotopic (exact) mass is 252 g/mol. The summed E-state index contributed by atoms with van der Waals surface area (Å²) in [6.07, 6.45) is 6.90. The molecule has 2 nitrogen and oxygen atoms in total. The maximum Gasteiger partial charge on any atom is 0.0196 e. The molecule has 5 unspecified atom stereocenters. The normalized spacial score (nSPS) is 42.3. The van der Waals surface area contributed by atoms with Gasteiger partial charge in [-0.3, -0.25) is 4.90 Å². The highest BCUT2D eigenvalue weighted by Gasteiger charge is 2.39. The number of nitrogens with zero attached hydrogens (tertiary/aromatic N) is 1. The zero-order valence-electron chi connectivity index (χ0n) is 12.8. The SMILES string of the molecule is CCCC1CN(C2CCC(CC)C2C)C(C)CN1. The number of piperazine rings is 1. The van der Waals surface area contributed by atoms with E-state index in [1.165, 1.54) is 45.2 Å². The van der Waals surface area contributed by atoms with Crippen molar-refractivity contribution in [2.75, 3.05) is 13.1 Å². The van der Waals surface area contributed by atoms with Gasteiger partial charge in [0.05, 0.1) is 0 Å². The fourth-order valence-corrected chi connectivity index (χ4v) is 4.23. The first-order valence-corrected chi connectivity index (χ1v) is 8.16. The van der Waals surface area contributed by atoms with Gasteiger partial charge in [0, 0.05) is 31.2 Å². The van der Waals surface area contributed by atoms with Gasteiger partial charge in [0.15, 0.2) is 0 Å². The molecule has 0 spiro atoms. The molecule has 2 aliphatic rings. The Morgan fingerprint density at radius 3 is 2.56 bits per heavy atom. The summed E-state index contributed by atoms with van der Waals surface area (Å²) in [6, 6.07) is 2.31. The van der Waals surface area contributed by atoms with Gasteiger partial charge in [-0.2, -0.15) is 0 Å². The molecule has 1 N–H and O–H groups in total. The minimum Gasteiger partial charge on any atom is -0.311 e. The summed E-state index contributed by atoms with van der Waals surface area (Å²) in [6.45, 7) is 12.0. The van der Waals surface area contributed by atoms with E-state index in [2.05, 4.69) is 37.9 Å². The first-order chi connectivity index (χ1) is 8.67. The highest BCUT2D eigenvalue weighted by molar-refractivity contribution is 4.94. The van der Waals surface area contributed by atoms with Gasteiger partial charge in [-0.25, -0.2) is 0 Å². The van der Waals surface area contributed by atoms with Crippen molar-refractivity contribution in [3.05, 3.63) is 0 Å². The third-order valence-electron chi connectivity index (χ3n) is 5.47. The molecule has 1 saturated heterocycles. The van der Waals surface area contributed by atoms with Crippen molar-refractivity contribution < 1.29 is 0 Å². The van der Waals surface area contributed by atoms with Gasteiger partial charge in [0.1, 0.15) is 0 Å². The molecule has 0 radical (unpaired) electrons. The van der Waals surface area contributed by atoms with E-state index in [4.69, 9.17) is 0 Å². The van der Waals surface area contributed by atoms with Crippen LogP contribution in [-0.4, -0.2) is 36.1 Å². The van der Waals surface area contributed by atoms with Crippen LogP contribution in [0.1, 0.15) is 59.8 Å². The molecule has 0 aromatic heterocycles. The molecular weight excluding hydrogens is 220 g/mol. The lowest BCUT2D eigenvalue weighted by molar-refractivity contribution is 0.0661. The smallest absolute Gasteiger partial charge is 0.0196 e. The van der Waals surface area contributed by atoms with E-state index in [0.717, 1.165) is 30.0 Å². The van der Waals surface area contributed by atoms with Crippen molar-refractivity contribution in [3.8, 4) is 0 Å². The summed E-state index contributed by atoms with van der Waals surface area (Å²) in [5.41, 5.74) is 0. The predicted molar refractivity (Wildman–Crippen MR) is 78.8 cm³/mol. The maximum absolute atomic E-state index is 3.72. The lowest BCUT2D eigenvalue weighted by Gasteiger charge is -2.44. The lowest BCUT2D eigenvalue weighted by atomic mass is 9.91. The van der Waals surface area contributed by atoms with Gasteiger partial charge >= 0.3 is 0 Å². The van der Waals surface area contributed by atoms with Crippen molar-refractivity contribution in [2.24, 2.45) is 11.8 Å². The molecular formula is C16H32N2. The van der Waals surface area contributed by atoms with E-state index < -0.39 is 0 Å². The first-order valence-electron chi connectivity index (χ1n) is 8.16. The summed E-state index contributed by atoms with van der Waals surface area (Å²) >= 11 is 0. The summed E-state index contributed by atoms with van der Waals surface area (Å²) in [5, 5.41) is 3.72. The summed E-state index contributed by atoms with van der Waals surface area (Å²) in [4.78, 5) is 2.83. The third-order valence-corrected chi connectivity index (χ3v) is 5.47. The van der Waals surface area contributed by atoms with Crippen molar-refractivity contribution in [2.45, 2.75) is 77.9 Å². The molecule has 0 bridgehead atoms. The second-order valence-corrected chi connectivity index (χ2v) is 6.61. The standard InChI is InChI=1S/C16H32N2/c1-5-7-15-11-18(12(3)10-17-15)16-9-8-14(6-2)13(16)4/h12-17H,5-11H2,1-4H3. The van der Waals surface area contributed by atoms with Gasteiger partial charge in [-0.05, 0) is 38.0 Å². The Morgan fingerprint density at radius 2 is 1.94 bits per heavy atom. The van der Waals surface area contributed by atoms with Crippen LogP contribution in [0.5, 0.6) is 0 Å². The third kappa shape index (κ3) is 2.91.